The van der Waals surface area contributed by atoms with Gasteiger partial charge in [-0.2, -0.15) is 21.6 Å². The summed E-state index contributed by atoms with van der Waals surface area (Å²) in [5.74, 6) is -0.267. The Bertz CT molecular complexity index is 888. The minimum absolute atomic E-state index is 0.0423. The fourth-order valence-electron chi connectivity index (χ4n) is 2.42. The number of halogens is 3. The summed E-state index contributed by atoms with van der Waals surface area (Å²) < 4.78 is 69.2. The summed E-state index contributed by atoms with van der Waals surface area (Å²) in [5, 5.41) is 1.96. The van der Waals surface area contributed by atoms with Gasteiger partial charge in [0.25, 0.3) is 0 Å². The third-order valence-corrected chi connectivity index (χ3v) is 4.59. The summed E-state index contributed by atoms with van der Waals surface area (Å²) in [4.78, 5) is 0. The first-order chi connectivity index (χ1) is 11.3. The second-order valence-electron chi connectivity index (χ2n) is 5.26. The van der Waals surface area contributed by atoms with Gasteiger partial charge in [-0.3, -0.25) is 0 Å². The Labute approximate surface area is 136 Å². The van der Waals surface area contributed by atoms with Crippen molar-refractivity contribution in [3.63, 3.8) is 0 Å². The third-order valence-electron chi connectivity index (χ3n) is 3.59. The van der Waals surface area contributed by atoms with Gasteiger partial charge in [-0.1, -0.05) is 36.4 Å². The van der Waals surface area contributed by atoms with Crippen molar-refractivity contribution in [1.82, 2.24) is 0 Å². The van der Waals surface area contributed by atoms with Gasteiger partial charge < -0.3 is 8.92 Å². The molecule has 0 saturated carbocycles. The Kier molecular flexibility index (Phi) is 4.27. The van der Waals surface area contributed by atoms with Crippen LogP contribution in [0.25, 0.3) is 10.8 Å². The van der Waals surface area contributed by atoms with E-state index in [0.717, 1.165) is 10.8 Å². The largest absolute Gasteiger partial charge is 0.534 e. The number of alkyl halides is 3. The van der Waals surface area contributed by atoms with Gasteiger partial charge in [-0.15, -0.1) is 0 Å². The number of ether oxygens (including phenoxy) is 1. The molecule has 0 N–H and O–H groups in total. The molecule has 0 aromatic heterocycles. The van der Waals surface area contributed by atoms with Gasteiger partial charge >= 0.3 is 15.6 Å². The standard InChI is InChI=1S/C16H13F3O4S/c17-16(18,19)24(20,21)23-14-7-8-22-15(10-14)13-6-5-11-3-1-2-4-12(11)9-13/h1-6,9-10,15H,7-8H2/t15-/m1/s1. The highest BCUT2D eigenvalue weighted by Gasteiger charge is 2.49. The summed E-state index contributed by atoms with van der Waals surface area (Å²) in [5.41, 5.74) is -4.75. The molecule has 1 heterocycles. The first-order valence-electron chi connectivity index (χ1n) is 7.08. The van der Waals surface area contributed by atoms with Crippen molar-refractivity contribution in [3.8, 4) is 0 Å². The zero-order chi connectivity index (χ0) is 17.4. The Morgan fingerprint density at radius 3 is 2.50 bits per heavy atom. The van der Waals surface area contributed by atoms with E-state index in [1.165, 1.54) is 6.08 Å². The Morgan fingerprint density at radius 2 is 1.79 bits per heavy atom. The van der Waals surface area contributed by atoms with Crippen LogP contribution in [0.1, 0.15) is 18.1 Å². The second-order valence-corrected chi connectivity index (χ2v) is 6.80. The molecule has 128 valence electrons. The van der Waals surface area contributed by atoms with Crippen LogP contribution >= 0.6 is 0 Å². The second kappa shape index (κ2) is 6.10. The first kappa shape index (κ1) is 16.8. The molecule has 4 nitrogen and oxygen atoms in total. The molecule has 8 heteroatoms. The van der Waals surface area contributed by atoms with Crippen LogP contribution in [0.3, 0.4) is 0 Å². The molecule has 2 aromatic rings. The van der Waals surface area contributed by atoms with Gasteiger partial charge in [0.15, 0.2) is 0 Å². The van der Waals surface area contributed by atoms with Gasteiger partial charge in [0.2, 0.25) is 0 Å². The normalized spacial score (nSPS) is 19.1. The topological polar surface area (TPSA) is 52.6 Å². The van der Waals surface area contributed by atoms with E-state index >= 15 is 0 Å². The predicted molar refractivity (Wildman–Crippen MR) is 81.4 cm³/mol. The van der Waals surface area contributed by atoms with Crippen LogP contribution in [-0.2, 0) is 19.0 Å². The van der Waals surface area contributed by atoms with E-state index in [1.54, 1.807) is 6.07 Å². The summed E-state index contributed by atoms with van der Waals surface area (Å²) >= 11 is 0. The molecule has 1 atom stereocenters. The molecule has 0 fully saturated rings. The fourth-order valence-corrected chi connectivity index (χ4v) is 2.94. The molecule has 0 radical (unpaired) electrons. The molecule has 1 aliphatic rings. The predicted octanol–water partition coefficient (Wildman–Crippen LogP) is 4.05. The molecule has 2 aromatic carbocycles. The maximum Gasteiger partial charge on any atom is 0.534 e. The maximum atomic E-state index is 12.4. The lowest BCUT2D eigenvalue weighted by molar-refractivity contribution is -0.0530. The highest BCUT2D eigenvalue weighted by Crippen LogP contribution is 2.32. The number of hydrogen-bond donors (Lipinski definition) is 0. The van der Waals surface area contributed by atoms with Crippen LogP contribution in [0.4, 0.5) is 13.2 Å². The van der Waals surface area contributed by atoms with Crippen LogP contribution in [0.2, 0.25) is 0 Å². The number of hydrogen-bond acceptors (Lipinski definition) is 4. The van der Waals surface area contributed by atoms with Crippen molar-refractivity contribution in [2.24, 2.45) is 0 Å². The monoisotopic (exact) mass is 358 g/mol. The first-order valence-corrected chi connectivity index (χ1v) is 8.49. The molecular formula is C16H13F3O4S. The lowest BCUT2D eigenvalue weighted by Gasteiger charge is -2.22. The molecule has 0 bridgehead atoms. The van der Waals surface area contributed by atoms with E-state index in [1.807, 2.05) is 36.4 Å². The molecule has 1 aliphatic heterocycles. The van der Waals surface area contributed by atoms with Crippen LogP contribution in [0.5, 0.6) is 0 Å². The molecule has 0 saturated heterocycles. The number of fused-ring (bicyclic) bond motifs is 1. The van der Waals surface area contributed by atoms with Crippen molar-refractivity contribution in [2.45, 2.75) is 18.0 Å². The van der Waals surface area contributed by atoms with Crippen LogP contribution in [0.15, 0.2) is 54.3 Å². The number of rotatable bonds is 3. The summed E-state index contributed by atoms with van der Waals surface area (Å²) in [6.07, 6.45) is 0.554. The van der Waals surface area contributed by atoms with Crippen LogP contribution in [-0.4, -0.2) is 20.5 Å². The number of benzene rings is 2. The average Bonchev–Trinajstić information content (AvgIpc) is 2.53. The molecule has 24 heavy (non-hydrogen) atoms. The van der Waals surface area contributed by atoms with Crippen molar-refractivity contribution in [1.29, 1.82) is 0 Å². The minimum Gasteiger partial charge on any atom is -0.381 e. The van der Waals surface area contributed by atoms with E-state index in [0.29, 0.717) is 5.56 Å². The van der Waals surface area contributed by atoms with Gasteiger partial charge in [0.05, 0.1) is 6.61 Å². The SMILES string of the molecule is O=S(=O)(OC1=C[C@H](c2ccc3ccccc3c2)OCC1)C(F)(F)F. The van der Waals surface area contributed by atoms with Crippen LogP contribution in [0, 0.1) is 0 Å². The maximum absolute atomic E-state index is 12.4. The van der Waals surface area contributed by atoms with Gasteiger partial charge in [-0.05, 0) is 28.5 Å². The quantitative estimate of drug-likeness (QED) is 0.614. The summed E-state index contributed by atoms with van der Waals surface area (Å²) in [7, 11) is -5.66. The van der Waals surface area contributed by atoms with Gasteiger partial charge in [0, 0.05) is 6.42 Å². The Morgan fingerprint density at radius 1 is 1.08 bits per heavy atom. The van der Waals surface area contributed by atoms with Crippen LogP contribution < -0.4 is 0 Å². The van der Waals surface area contributed by atoms with Gasteiger partial charge in [-0.25, -0.2) is 0 Å². The van der Waals surface area contributed by atoms with E-state index in [4.69, 9.17) is 4.74 Å². The summed E-state index contributed by atoms with van der Waals surface area (Å²) in [6, 6.07) is 13.1. The molecule has 0 aliphatic carbocycles. The van der Waals surface area contributed by atoms with E-state index in [2.05, 4.69) is 4.18 Å². The smallest absolute Gasteiger partial charge is 0.381 e. The average molecular weight is 358 g/mol. The van der Waals surface area contributed by atoms with Crippen molar-refractivity contribution < 1.29 is 30.5 Å². The van der Waals surface area contributed by atoms with E-state index in [-0.39, 0.29) is 18.8 Å². The zero-order valence-electron chi connectivity index (χ0n) is 12.3. The minimum atomic E-state index is -5.66. The molecule has 0 amide bonds. The highest BCUT2D eigenvalue weighted by molar-refractivity contribution is 7.87. The summed E-state index contributed by atoms with van der Waals surface area (Å²) in [6.45, 7) is 0.0662. The van der Waals surface area contributed by atoms with E-state index in [9.17, 15) is 21.6 Å². The van der Waals surface area contributed by atoms with Crippen molar-refractivity contribution in [3.05, 3.63) is 59.9 Å². The van der Waals surface area contributed by atoms with Crippen molar-refractivity contribution in [2.75, 3.05) is 6.61 Å². The molecule has 0 spiro atoms. The Balaban J connectivity index is 1.88. The molecular weight excluding hydrogens is 345 g/mol. The molecule has 3 rings (SSSR count). The van der Waals surface area contributed by atoms with Crippen molar-refractivity contribution >= 4 is 20.9 Å². The lowest BCUT2D eigenvalue weighted by atomic mass is 10.0. The molecule has 0 unspecified atom stereocenters. The Hall–Kier alpha value is -2.06. The fraction of sp³-hybridized carbons (Fsp3) is 0.250. The van der Waals surface area contributed by atoms with Gasteiger partial charge in [0.1, 0.15) is 11.9 Å². The highest BCUT2D eigenvalue weighted by atomic mass is 32.2. The lowest BCUT2D eigenvalue weighted by Crippen LogP contribution is -2.26. The van der Waals surface area contributed by atoms with E-state index < -0.39 is 21.7 Å². The zero-order valence-corrected chi connectivity index (χ0v) is 13.1. The third kappa shape index (κ3) is 3.39.